The SMILES string of the molecule is CC(CC=O)OCC=O. The van der Waals surface area contributed by atoms with Gasteiger partial charge in [0.25, 0.3) is 0 Å². The van der Waals surface area contributed by atoms with E-state index in [4.69, 9.17) is 4.74 Å². The molecule has 1 unspecified atom stereocenters. The van der Waals surface area contributed by atoms with Gasteiger partial charge in [0, 0.05) is 6.42 Å². The Bertz CT molecular complexity index is 90.3. The van der Waals surface area contributed by atoms with E-state index in [0.717, 1.165) is 6.29 Å². The van der Waals surface area contributed by atoms with Gasteiger partial charge in [-0.2, -0.15) is 0 Å². The lowest BCUT2D eigenvalue weighted by molar-refractivity contribution is -0.116. The van der Waals surface area contributed by atoms with Gasteiger partial charge in [-0.1, -0.05) is 0 Å². The number of hydrogen-bond acceptors (Lipinski definition) is 3. The topological polar surface area (TPSA) is 43.4 Å². The van der Waals surface area contributed by atoms with E-state index in [1.807, 2.05) is 0 Å². The Morgan fingerprint density at radius 1 is 1.44 bits per heavy atom. The number of carbonyl (C=O) groups excluding carboxylic acids is 2. The van der Waals surface area contributed by atoms with Crippen molar-refractivity contribution in [1.82, 2.24) is 0 Å². The highest BCUT2D eigenvalue weighted by Crippen LogP contribution is 1.91. The van der Waals surface area contributed by atoms with Crippen LogP contribution in [0.1, 0.15) is 13.3 Å². The molecule has 0 spiro atoms. The Morgan fingerprint density at radius 3 is 2.56 bits per heavy atom. The second-order valence-corrected chi connectivity index (χ2v) is 1.71. The van der Waals surface area contributed by atoms with E-state index in [9.17, 15) is 9.59 Å². The van der Waals surface area contributed by atoms with Gasteiger partial charge in [-0.3, -0.25) is 0 Å². The smallest absolute Gasteiger partial charge is 0.145 e. The quantitative estimate of drug-likeness (QED) is 0.498. The summed E-state index contributed by atoms with van der Waals surface area (Å²) in [6.45, 7) is 1.83. The van der Waals surface area contributed by atoms with Crippen LogP contribution in [0.3, 0.4) is 0 Å². The first-order valence-corrected chi connectivity index (χ1v) is 2.80. The van der Waals surface area contributed by atoms with E-state index in [2.05, 4.69) is 0 Å². The minimum absolute atomic E-state index is 0.0784. The highest BCUT2D eigenvalue weighted by Gasteiger charge is 1.97. The molecule has 9 heavy (non-hydrogen) atoms. The zero-order valence-corrected chi connectivity index (χ0v) is 5.37. The summed E-state index contributed by atoms with van der Waals surface area (Å²) >= 11 is 0. The molecule has 3 nitrogen and oxygen atoms in total. The highest BCUT2D eigenvalue weighted by atomic mass is 16.5. The molecule has 0 aliphatic rings. The van der Waals surface area contributed by atoms with Gasteiger partial charge >= 0.3 is 0 Å². The number of rotatable bonds is 5. The molecule has 0 aliphatic heterocycles. The lowest BCUT2D eigenvalue weighted by Crippen LogP contribution is -2.09. The monoisotopic (exact) mass is 130 g/mol. The molecule has 0 rings (SSSR count). The van der Waals surface area contributed by atoms with Crippen molar-refractivity contribution < 1.29 is 14.3 Å². The minimum atomic E-state index is -0.132. The summed E-state index contributed by atoms with van der Waals surface area (Å²) in [4.78, 5) is 19.5. The van der Waals surface area contributed by atoms with Gasteiger partial charge in [-0.15, -0.1) is 0 Å². The van der Waals surface area contributed by atoms with Gasteiger partial charge in [0.2, 0.25) is 0 Å². The van der Waals surface area contributed by atoms with Crippen molar-refractivity contribution in [3.8, 4) is 0 Å². The van der Waals surface area contributed by atoms with E-state index >= 15 is 0 Å². The number of hydrogen-bond donors (Lipinski definition) is 0. The van der Waals surface area contributed by atoms with Crippen molar-refractivity contribution in [3.63, 3.8) is 0 Å². The van der Waals surface area contributed by atoms with Crippen LogP contribution in [-0.2, 0) is 14.3 Å². The fourth-order valence-electron chi connectivity index (χ4n) is 0.407. The largest absolute Gasteiger partial charge is 0.371 e. The molecule has 1 atom stereocenters. The van der Waals surface area contributed by atoms with E-state index in [-0.39, 0.29) is 12.7 Å². The van der Waals surface area contributed by atoms with Crippen LogP contribution >= 0.6 is 0 Å². The summed E-state index contributed by atoms with van der Waals surface area (Å²) in [5, 5.41) is 0. The molecule has 0 amide bonds. The molecular formula is C6H10O3. The van der Waals surface area contributed by atoms with Crippen LogP contribution in [0.25, 0.3) is 0 Å². The molecule has 0 heterocycles. The lowest BCUT2D eigenvalue weighted by Gasteiger charge is -2.04. The maximum absolute atomic E-state index is 9.81. The van der Waals surface area contributed by atoms with Gasteiger partial charge < -0.3 is 14.3 Å². The second kappa shape index (κ2) is 5.44. The Kier molecular flexibility index (Phi) is 5.01. The average Bonchev–Trinajstić information content (AvgIpc) is 1.85. The number of aldehydes is 2. The first-order chi connectivity index (χ1) is 4.31. The van der Waals surface area contributed by atoms with Crippen molar-refractivity contribution in [2.24, 2.45) is 0 Å². The maximum atomic E-state index is 9.81. The second-order valence-electron chi connectivity index (χ2n) is 1.71. The molecule has 3 heteroatoms. The van der Waals surface area contributed by atoms with Crippen molar-refractivity contribution in [2.75, 3.05) is 6.61 Å². The molecule has 0 N–H and O–H groups in total. The summed E-state index contributed by atoms with van der Waals surface area (Å²) in [6, 6.07) is 0. The molecule has 0 bridgehead atoms. The van der Waals surface area contributed by atoms with Crippen molar-refractivity contribution in [1.29, 1.82) is 0 Å². The summed E-state index contributed by atoms with van der Waals surface area (Å²) in [5.41, 5.74) is 0. The third kappa shape index (κ3) is 5.17. The van der Waals surface area contributed by atoms with Gasteiger partial charge in [-0.05, 0) is 6.92 Å². The molecule has 0 aromatic rings. The van der Waals surface area contributed by atoms with E-state index in [0.29, 0.717) is 12.7 Å². The molecule has 0 aromatic carbocycles. The zero-order valence-electron chi connectivity index (χ0n) is 5.37. The average molecular weight is 130 g/mol. The predicted molar refractivity (Wildman–Crippen MR) is 32.2 cm³/mol. The molecule has 0 aromatic heterocycles. The minimum Gasteiger partial charge on any atom is -0.371 e. The highest BCUT2D eigenvalue weighted by molar-refractivity contribution is 5.51. The van der Waals surface area contributed by atoms with Crippen molar-refractivity contribution >= 4 is 12.6 Å². The predicted octanol–water partition coefficient (Wildman–Crippen LogP) is 0.179. The summed E-state index contributed by atoms with van der Waals surface area (Å²) in [6.07, 6.45) is 1.66. The van der Waals surface area contributed by atoms with Crippen LogP contribution in [0.5, 0.6) is 0 Å². The maximum Gasteiger partial charge on any atom is 0.145 e. The van der Waals surface area contributed by atoms with Crippen molar-refractivity contribution in [3.05, 3.63) is 0 Å². The molecule has 52 valence electrons. The molecule has 0 aliphatic carbocycles. The van der Waals surface area contributed by atoms with Crippen LogP contribution in [0.2, 0.25) is 0 Å². The summed E-state index contributed by atoms with van der Waals surface area (Å²) in [5.74, 6) is 0. The van der Waals surface area contributed by atoms with Crippen LogP contribution in [0.15, 0.2) is 0 Å². The molecule has 0 fully saturated rings. The fraction of sp³-hybridized carbons (Fsp3) is 0.667. The Labute approximate surface area is 54.0 Å². The van der Waals surface area contributed by atoms with E-state index in [1.54, 1.807) is 6.92 Å². The number of ether oxygens (including phenoxy) is 1. The summed E-state index contributed by atoms with van der Waals surface area (Å²) in [7, 11) is 0. The van der Waals surface area contributed by atoms with Gasteiger partial charge in [0.15, 0.2) is 0 Å². The molecule has 0 saturated carbocycles. The standard InChI is InChI=1S/C6H10O3/c1-6(2-3-7)9-5-4-8/h3-4,6H,2,5H2,1H3. The Hall–Kier alpha value is -0.700. The Morgan fingerprint density at radius 2 is 2.11 bits per heavy atom. The van der Waals surface area contributed by atoms with Crippen LogP contribution in [-0.4, -0.2) is 25.3 Å². The third-order valence-corrected chi connectivity index (χ3v) is 0.877. The fourth-order valence-corrected chi connectivity index (χ4v) is 0.407. The third-order valence-electron chi connectivity index (χ3n) is 0.877. The van der Waals surface area contributed by atoms with E-state index in [1.165, 1.54) is 0 Å². The summed E-state index contributed by atoms with van der Waals surface area (Å²) < 4.78 is 4.83. The number of carbonyl (C=O) groups is 2. The molecule has 0 saturated heterocycles. The van der Waals surface area contributed by atoms with Gasteiger partial charge in [0.1, 0.15) is 19.2 Å². The lowest BCUT2D eigenvalue weighted by atomic mass is 10.3. The molecule has 0 radical (unpaired) electrons. The first kappa shape index (κ1) is 8.30. The van der Waals surface area contributed by atoms with Crippen LogP contribution in [0.4, 0.5) is 0 Å². The zero-order chi connectivity index (χ0) is 7.11. The Balaban J connectivity index is 3.14. The van der Waals surface area contributed by atoms with Crippen LogP contribution < -0.4 is 0 Å². The van der Waals surface area contributed by atoms with Crippen LogP contribution in [0, 0.1) is 0 Å². The normalized spacial score (nSPS) is 12.6. The van der Waals surface area contributed by atoms with Gasteiger partial charge in [0.05, 0.1) is 6.10 Å². The van der Waals surface area contributed by atoms with E-state index < -0.39 is 0 Å². The van der Waals surface area contributed by atoms with Gasteiger partial charge in [-0.25, -0.2) is 0 Å². The van der Waals surface area contributed by atoms with Crippen molar-refractivity contribution in [2.45, 2.75) is 19.4 Å². The first-order valence-electron chi connectivity index (χ1n) is 2.80. The molecular weight excluding hydrogens is 120 g/mol.